The maximum atomic E-state index is 13.4. The zero-order valence-electron chi connectivity index (χ0n) is 17.8. The van der Waals surface area contributed by atoms with Crippen molar-refractivity contribution >= 4 is 17.4 Å². The molecule has 1 N–H and O–H groups in total. The van der Waals surface area contributed by atoms with E-state index >= 15 is 0 Å². The van der Waals surface area contributed by atoms with E-state index in [4.69, 9.17) is 19.2 Å². The molecule has 0 saturated heterocycles. The Morgan fingerprint density at radius 3 is 2.35 bits per heavy atom. The van der Waals surface area contributed by atoms with E-state index in [9.17, 15) is 9.18 Å². The number of ether oxygens (including phenoxy) is 1. The summed E-state index contributed by atoms with van der Waals surface area (Å²) in [5.41, 5.74) is 5.79. The van der Waals surface area contributed by atoms with Gasteiger partial charge >= 0.3 is 5.97 Å². The second-order valence-corrected chi connectivity index (χ2v) is 6.22. The fourth-order valence-corrected chi connectivity index (χ4v) is 2.76. The van der Waals surface area contributed by atoms with Gasteiger partial charge in [0, 0.05) is 11.1 Å². The van der Waals surface area contributed by atoms with Crippen LogP contribution in [-0.4, -0.2) is 38.7 Å². The third-order valence-electron chi connectivity index (χ3n) is 4.17. The van der Waals surface area contributed by atoms with Gasteiger partial charge in [0.15, 0.2) is 5.71 Å². The van der Waals surface area contributed by atoms with E-state index in [1.807, 2.05) is 0 Å². The van der Waals surface area contributed by atoms with Crippen LogP contribution in [0.1, 0.15) is 22.3 Å². The average Bonchev–Trinajstić information content (AvgIpc) is 2.76. The van der Waals surface area contributed by atoms with Crippen molar-refractivity contribution in [2.75, 3.05) is 21.3 Å². The third-order valence-corrected chi connectivity index (χ3v) is 4.17. The molecule has 9 heteroatoms. The monoisotopic (exact) mass is 429 g/mol. The highest BCUT2D eigenvalue weighted by molar-refractivity contribution is 6.43. The lowest BCUT2D eigenvalue weighted by molar-refractivity contribution is -0.132. The van der Waals surface area contributed by atoms with Crippen molar-refractivity contribution in [3.63, 3.8) is 0 Å². The molecule has 0 aliphatic carbocycles. The summed E-state index contributed by atoms with van der Waals surface area (Å²) < 4.78 is 18.2. The summed E-state index contributed by atoms with van der Waals surface area (Å²) in [4.78, 5) is 27.3. The van der Waals surface area contributed by atoms with Crippen LogP contribution in [0.5, 0.6) is 0 Å². The molecule has 164 valence electrons. The molecule has 8 nitrogen and oxygen atoms in total. The maximum absolute atomic E-state index is 13.4. The number of carbonyl (C=O) groups excluding carboxylic acids is 1. The molecular formula is C22H24FN3O5. The van der Waals surface area contributed by atoms with Crippen LogP contribution in [0.4, 0.5) is 4.39 Å². The van der Waals surface area contributed by atoms with Crippen molar-refractivity contribution in [3.8, 4) is 0 Å². The molecule has 0 spiro atoms. The van der Waals surface area contributed by atoms with E-state index in [0.717, 1.165) is 0 Å². The number of aryl methyl sites for hydroxylation is 1. The minimum absolute atomic E-state index is 0.00611. The van der Waals surface area contributed by atoms with E-state index in [1.54, 1.807) is 37.3 Å². The Morgan fingerprint density at radius 1 is 1.03 bits per heavy atom. The smallest absolute Gasteiger partial charge is 0.360 e. The molecule has 0 atom stereocenters. The van der Waals surface area contributed by atoms with E-state index in [1.165, 1.54) is 33.5 Å². The number of oxime groups is 2. The van der Waals surface area contributed by atoms with Crippen molar-refractivity contribution in [3.05, 3.63) is 82.8 Å². The Balaban J connectivity index is 2.17. The lowest BCUT2D eigenvalue weighted by Gasteiger charge is -2.15. The van der Waals surface area contributed by atoms with E-state index < -0.39 is 5.97 Å². The van der Waals surface area contributed by atoms with Gasteiger partial charge in [-0.2, -0.15) is 0 Å². The topological polar surface area (TPSA) is 90.7 Å². The predicted molar refractivity (Wildman–Crippen MR) is 114 cm³/mol. The number of hydrogen-bond acceptors (Lipinski definition) is 8. The highest BCUT2D eigenvalue weighted by Crippen LogP contribution is 2.16. The van der Waals surface area contributed by atoms with Crippen molar-refractivity contribution in [2.24, 2.45) is 10.3 Å². The van der Waals surface area contributed by atoms with Gasteiger partial charge in [0.2, 0.25) is 0 Å². The molecule has 0 aliphatic rings. The lowest BCUT2D eigenvalue weighted by Crippen LogP contribution is -2.23. The zero-order valence-corrected chi connectivity index (χ0v) is 17.8. The van der Waals surface area contributed by atoms with Crippen LogP contribution < -0.4 is 5.48 Å². The maximum Gasteiger partial charge on any atom is 0.360 e. The number of methoxy groups -OCH3 is 1. The molecule has 0 saturated carbocycles. The van der Waals surface area contributed by atoms with E-state index in [-0.39, 0.29) is 18.1 Å². The Hall–Kier alpha value is -3.72. The summed E-state index contributed by atoms with van der Waals surface area (Å²) in [6, 6.07) is 11.3. The van der Waals surface area contributed by atoms with Crippen LogP contribution in [0.3, 0.4) is 0 Å². The Morgan fingerprint density at radius 2 is 1.71 bits per heavy atom. The molecule has 0 heterocycles. The number of rotatable bonds is 10. The normalized spacial score (nSPS) is 11.6. The van der Waals surface area contributed by atoms with Crippen molar-refractivity contribution in [1.29, 1.82) is 0 Å². The Bertz CT molecular complexity index is 1000. The minimum atomic E-state index is -0.645. The van der Waals surface area contributed by atoms with Crippen molar-refractivity contribution in [1.82, 2.24) is 5.48 Å². The summed E-state index contributed by atoms with van der Waals surface area (Å²) in [7, 11) is 3.99. The molecule has 2 rings (SSSR count). The molecular weight excluding hydrogens is 405 g/mol. The number of nitrogens with one attached hydrogen (secondary N) is 1. The van der Waals surface area contributed by atoms with Gasteiger partial charge in [0.1, 0.15) is 32.4 Å². The molecule has 0 bridgehead atoms. The number of benzene rings is 2. The Labute approximate surface area is 179 Å². The predicted octanol–water partition coefficient (Wildman–Crippen LogP) is 3.24. The van der Waals surface area contributed by atoms with Gasteiger partial charge in [-0.15, -0.1) is 0 Å². The first-order valence-corrected chi connectivity index (χ1v) is 9.15. The molecule has 0 aromatic heterocycles. The van der Waals surface area contributed by atoms with Crippen LogP contribution in [0.15, 0.2) is 65.1 Å². The van der Waals surface area contributed by atoms with Crippen LogP contribution in [-0.2, 0) is 30.7 Å². The Kier molecular flexibility index (Phi) is 8.71. The van der Waals surface area contributed by atoms with Crippen molar-refractivity contribution in [2.45, 2.75) is 13.5 Å². The number of esters is 1. The second-order valence-electron chi connectivity index (χ2n) is 6.22. The lowest BCUT2D eigenvalue weighted by atomic mass is 10.0. The van der Waals surface area contributed by atoms with Gasteiger partial charge in [0.25, 0.3) is 0 Å². The standard InChI is InChI=1S/C22H24FN3O5/c1-14-12-17(23)10-11-18(14)20(25-29-4)15(2)24-31-13-16-8-6-7-9-19(16)21(26-30-5)22(27)28-3/h6-12,24H,2,13H2,1,3-5H3. The van der Waals surface area contributed by atoms with Crippen LogP contribution >= 0.6 is 0 Å². The zero-order chi connectivity index (χ0) is 22.8. The highest BCUT2D eigenvalue weighted by atomic mass is 19.1. The molecule has 0 unspecified atom stereocenters. The summed E-state index contributed by atoms with van der Waals surface area (Å²) in [6.45, 7) is 5.72. The van der Waals surface area contributed by atoms with Crippen LogP contribution in [0.25, 0.3) is 0 Å². The molecule has 2 aromatic rings. The largest absolute Gasteiger partial charge is 0.464 e. The highest BCUT2D eigenvalue weighted by Gasteiger charge is 2.19. The second kappa shape index (κ2) is 11.5. The third kappa shape index (κ3) is 6.13. The number of allylic oxidation sites excluding steroid dienone is 1. The molecule has 0 radical (unpaired) electrons. The first kappa shape index (κ1) is 23.6. The van der Waals surface area contributed by atoms with E-state index in [0.29, 0.717) is 33.7 Å². The van der Waals surface area contributed by atoms with E-state index in [2.05, 4.69) is 22.4 Å². The fourth-order valence-electron chi connectivity index (χ4n) is 2.76. The summed E-state index contributed by atoms with van der Waals surface area (Å²) in [6.07, 6.45) is 0. The first-order chi connectivity index (χ1) is 14.9. The average molecular weight is 429 g/mol. The summed E-state index contributed by atoms with van der Waals surface area (Å²) in [5, 5.41) is 7.73. The van der Waals surface area contributed by atoms with Crippen LogP contribution in [0, 0.1) is 12.7 Å². The van der Waals surface area contributed by atoms with Gasteiger partial charge in [0.05, 0.1) is 12.8 Å². The van der Waals surface area contributed by atoms with Gasteiger partial charge < -0.3 is 14.4 Å². The minimum Gasteiger partial charge on any atom is -0.464 e. The first-order valence-electron chi connectivity index (χ1n) is 9.15. The summed E-state index contributed by atoms with van der Waals surface area (Å²) >= 11 is 0. The summed E-state index contributed by atoms with van der Waals surface area (Å²) in [5.74, 6) is -1.00. The molecule has 31 heavy (non-hydrogen) atoms. The van der Waals surface area contributed by atoms with Crippen molar-refractivity contribution < 1.29 is 28.4 Å². The SMILES string of the molecule is C=C(NOCc1ccccc1C(=NOC)C(=O)OC)C(=NOC)c1ccc(F)cc1C. The number of hydroxylamine groups is 1. The number of halogens is 1. The molecule has 0 amide bonds. The quantitative estimate of drug-likeness (QED) is 0.354. The van der Waals surface area contributed by atoms with Gasteiger partial charge in [-0.3, -0.25) is 10.3 Å². The van der Waals surface area contributed by atoms with Crippen LogP contribution in [0.2, 0.25) is 0 Å². The van der Waals surface area contributed by atoms with Gasteiger partial charge in [-0.05, 0) is 36.2 Å². The molecule has 0 aliphatic heterocycles. The number of carbonyl (C=O) groups is 1. The molecule has 2 aromatic carbocycles. The molecule has 0 fully saturated rings. The number of nitrogens with zero attached hydrogens (tertiary/aromatic N) is 2. The van der Waals surface area contributed by atoms with Gasteiger partial charge in [-0.1, -0.05) is 41.2 Å². The number of hydrogen-bond donors (Lipinski definition) is 1. The fraction of sp³-hybridized carbons (Fsp3) is 0.227. The van der Waals surface area contributed by atoms with Gasteiger partial charge in [-0.25, -0.2) is 9.18 Å².